The van der Waals surface area contributed by atoms with Crippen molar-refractivity contribution >= 4 is 17.7 Å². The minimum absolute atomic E-state index is 0.170. The van der Waals surface area contributed by atoms with Gasteiger partial charge in [0.15, 0.2) is 0 Å². The van der Waals surface area contributed by atoms with Crippen LogP contribution in [-0.4, -0.2) is 34.3 Å². The first-order valence-corrected chi connectivity index (χ1v) is 10.2. The fraction of sp³-hybridized carbons (Fsp3) is 0.435. The van der Waals surface area contributed by atoms with Crippen LogP contribution >= 0.6 is 11.6 Å². The minimum Gasteiger partial charge on any atom is -0.443 e. The molecule has 0 radical (unpaired) electrons. The van der Waals surface area contributed by atoms with Crippen molar-refractivity contribution in [1.82, 2.24) is 10.0 Å². The Kier molecular flexibility index (Phi) is 6.31. The molecule has 0 saturated heterocycles. The number of hydrogen-bond donors (Lipinski definition) is 0. The van der Waals surface area contributed by atoms with E-state index in [9.17, 15) is 4.79 Å². The zero-order chi connectivity index (χ0) is 20.3. The van der Waals surface area contributed by atoms with E-state index in [-0.39, 0.29) is 12.1 Å². The standard InChI is InChI=1S/C23H29ClN2O2/c1-5-25(22(27)28-23(2,3)4)26-16-19-9-7-6-8-18(19)15-21(26)14-17-10-12-20(24)13-11-17/h6-13,21H,5,14-16H2,1-4H3. The second-order valence-corrected chi connectivity index (χ2v) is 8.69. The highest BCUT2D eigenvalue weighted by molar-refractivity contribution is 6.30. The number of halogens is 1. The van der Waals surface area contributed by atoms with Gasteiger partial charge in [-0.25, -0.2) is 14.8 Å². The fourth-order valence-corrected chi connectivity index (χ4v) is 3.78. The number of nitrogens with zero attached hydrogens (tertiary/aromatic N) is 2. The van der Waals surface area contributed by atoms with Crippen LogP contribution in [-0.2, 0) is 24.1 Å². The van der Waals surface area contributed by atoms with Crippen LogP contribution in [0.4, 0.5) is 4.79 Å². The van der Waals surface area contributed by atoms with Crippen molar-refractivity contribution in [3.63, 3.8) is 0 Å². The zero-order valence-corrected chi connectivity index (χ0v) is 17.9. The first-order valence-electron chi connectivity index (χ1n) is 9.85. The second-order valence-electron chi connectivity index (χ2n) is 8.25. The Hall–Kier alpha value is -2.04. The predicted molar refractivity (Wildman–Crippen MR) is 113 cm³/mol. The number of carbonyl (C=O) groups is 1. The largest absolute Gasteiger partial charge is 0.443 e. The number of amides is 1. The smallest absolute Gasteiger partial charge is 0.424 e. The number of hydrogen-bond acceptors (Lipinski definition) is 3. The van der Waals surface area contributed by atoms with Gasteiger partial charge in [-0.1, -0.05) is 48.0 Å². The molecule has 28 heavy (non-hydrogen) atoms. The van der Waals surface area contributed by atoms with Crippen molar-refractivity contribution in [3.8, 4) is 0 Å². The first-order chi connectivity index (χ1) is 13.3. The normalized spacial score (nSPS) is 17.1. The van der Waals surface area contributed by atoms with Crippen LogP contribution in [0.15, 0.2) is 48.5 Å². The van der Waals surface area contributed by atoms with E-state index in [1.54, 1.807) is 5.01 Å². The lowest BCUT2D eigenvalue weighted by molar-refractivity contribution is -0.0792. The molecule has 1 heterocycles. The molecule has 0 fully saturated rings. The Bertz CT molecular complexity index is 814. The molecule has 0 aromatic heterocycles. The minimum atomic E-state index is -0.524. The third-order valence-corrected chi connectivity index (χ3v) is 5.18. The van der Waals surface area contributed by atoms with E-state index in [0.717, 1.165) is 17.9 Å². The van der Waals surface area contributed by atoms with E-state index in [2.05, 4.69) is 41.4 Å². The predicted octanol–water partition coefficient (Wildman–Crippen LogP) is 5.48. The maximum absolute atomic E-state index is 12.9. The van der Waals surface area contributed by atoms with Gasteiger partial charge >= 0.3 is 6.09 Å². The maximum Gasteiger partial charge on any atom is 0.424 e. The van der Waals surface area contributed by atoms with Gasteiger partial charge in [-0.2, -0.15) is 0 Å². The van der Waals surface area contributed by atoms with Gasteiger partial charge in [0.1, 0.15) is 5.60 Å². The molecule has 1 aliphatic rings. The number of fused-ring (bicyclic) bond motifs is 1. The number of carbonyl (C=O) groups excluding carboxylic acids is 1. The molecular formula is C23H29ClN2O2. The molecule has 150 valence electrons. The lowest BCUT2D eigenvalue weighted by Crippen LogP contribution is -2.55. The van der Waals surface area contributed by atoms with Crippen LogP contribution in [0.3, 0.4) is 0 Å². The Morgan fingerprint density at radius 1 is 1.14 bits per heavy atom. The molecule has 1 unspecified atom stereocenters. The summed E-state index contributed by atoms with van der Waals surface area (Å²) < 4.78 is 5.67. The molecule has 0 saturated carbocycles. The van der Waals surface area contributed by atoms with Crippen LogP contribution in [0.2, 0.25) is 5.02 Å². The molecule has 1 amide bonds. The van der Waals surface area contributed by atoms with Crippen molar-refractivity contribution < 1.29 is 9.53 Å². The summed E-state index contributed by atoms with van der Waals surface area (Å²) in [5.41, 5.74) is 3.29. The number of benzene rings is 2. The SMILES string of the molecule is CCN(C(=O)OC(C)(C)C)N1Cc2ccccc2CC1Cc1ccc(Cl)cc1. The lowest BCUT2D eigenvalue weighted by atomic mass is 9.91. The van der Waals surface area contributed by atoms with E-state index in [0.29, 0.717) is 13.1 Å². The topological polar surface area (TPSA) is 32.8 Å². The van der Waals surface area contributed by atoms with Gasteiger partial charge < -0.3 is 4.74 Å². The highest BCUT2D eigenvalue weighted by Crippen LogP contribution is 2.28. The summed E-state index contributed by atoms with van der Waals surface area (Å²) in [5.74, 6) is 0. The van der Waals surface area contributed by atoms with Gasteiger partial charge in [0, 0.05) is 24.2 Å². The quantitative estimate of drug-likeness (QED) is 0.681. The number of hydrazine groups is 1. The van der Waals surface area contributed by atoms with Crippen molar-refractivity contribution in [2.75, 3.05) is 6.54 Å². The van der Waals surface area contributed by atoms with Crippen LogP contribution in [0.25, 0.3) is 0 Å². The molecule has 1 aliphatic heterocycles. The molecule has 5 heteroatoms. The van der Waals surface area contributed by atoms with E-state index < -0.39 is 5.60 Å². The van der Waals surface area contributed by atoms with Gasteiger partial charge in [0.2, 0.25) is 0 Å². The summed E-state index contributed by atoms with van der Waals surface area (Å²) in [7, 11) is 0. The lowest BCUT2D eigenvalue weighted by Gasteiger charge is -2.43. The van der Waals surface area contributed by atoms with Crippen molar-refractivity contribution in [2.24, 2.45) is 0 Å². The maximum atomic E-state index is 12.9. The molecule has 3 rings (SSSR count). The highest BCUT2D eigenvalue weighted by atomic mass is 35.5. The molecule has 2 aromatic rings. The van der Waals surface area contributed by atoms with E-state index in [1.807, 2.05) is 39.8 Å². The third kappa shape index (κ3) is 5.06. The number of rotatable bonds is 4. The third-order valence-electron chi connectivity index (χ3n) is 4.93. The van der Waals surface area contributed by atoms with Gasteiger partial charge in [-0.15, -0.1) is 0 Å². The molecular weight excluding hydrogens is 372 g/mol. The van der Waals surface area contributed by atoms with Crippen molar-refractivity contribution in [3.05, 3.63) is 70.2 Å². The molecule has 0 aliphatic carbocycles. The molecule has 1 atom stereocenters. The molecule has 4 nitrogen and oxygen atoms in total. The van der Waals surface area contributed by atoms with E-state index in [4.69, 9.17) is 16.3 Å². The average molecular weight is 401 g/mol. The first kappa shape index (κ1) is 20.7. The van der Waals surface area contributed by atoms with Crippen LogP contribution in [0.1, 0.15) is 44.4 Å². The van der Waals surface area contributed by atoms with Crippen LogP contribution in [0, 0.1) is 0 Å². The van der Waals surface area contributed by atoms with Crippen LogP contribution < -0.4 is 0 Å². The zero-order valence-electron chi connectivity index (χ0n) is 17.1. The summed E-state index contributed by atoms with van der Waals surface area (Å²) in [5, 5.41) is 4.66. The van der Waals surface area contributed by atoms with Gasteiger partial charge in [-0.05, 0) is 69.4 Å². The molecule has 0 N–H and O–H groups in total. The highest BCUT2D eigenvalue weighted by Gasteiger charge is 2.34. The molecule has 0 bridgehead atoms. The average Bonchev–Trinajstić information content (AvgIpc) is 2.63. The Morgan fingerprint density at radius 2 is 1.79 bits per heavy atom. The number of ether oxygens (including phenoxy) is 1. The van der Waals surface area contributed by atoms with Crippen molar-refractivity contribution in [1.29, 1.82) is 0 Å². The summed E-state index contributed by atoms with van der Waals surface area (Å²) in [4.78, 5) is 12.9. The Morgan fingerprint density at radius 3 is 2.39 bits per heavy atom. The molecule has 2 aromatic carbocycles. The van der Waals surface area contributed by atoms with E-state index >= 15 is 0 Å². The summed E-state index contributed by atoms with van der Waals surface area (Å²) in [6.07, 6.45) is 1.43. The Labute approximate surface area is 173 Å². The summed E-state index contributed by atoms with van der Waals surface area (Å²) in [6, 6.07) is 16.6. The van der Waals surface area contributed by atoms with Gasteiger partial charge in [0.05, 0.1) is 0 Å². The Balaban J connectivity index is 1.89. The van der Waals surface area contributed by atoms with E-state index in [1.165, 1.54) is 16.7 Å². The van der Waals surface area contributed by atoms with Crippen LogP contribution in [0.5, 0.6) is 0 Å². The summed E-state index contributed by atoms with van der Waals surface area (Å²) in [6.45, 7) is 8.94. The van der Waals surface area contributed by atoms with Gasteiger partial charge in [-0.3, -0.25) is 0 Å². The molecule has 0 spiro atoms. The van der Waals surface area contributed by atoms with Crippen molar-refractivity contribution in [2.45, 2.75) is 58.7 Å². The summed E-state index contributed by atoms with van der Waals surface area (Å²) >= 11 is 6.05. The monoisotopic (exact) mass is 400 g/mol. The fourth-order valence-electron chi connectivity index (χ4n) is 3.66. The second kappa shape index (κ2) is 8.54. The van der Waals surface area contributed by atoms with Gasteiger partial charge in [0.25, 0.3) is 0 Å².